The van der Waals surface area contributed by atoms with Gasteiger partial charge in [0, 0.05) is 31.8 Å². The summed E-state index contributed by atoms with van der Waals surface area (Å²) in [5, 5.41) is 13.7. The van der Waals surface area contributed by atoms with E-state index in [0.29, 0.717) is 19.6 Å². The second-order valence-corrected chi connectivity index (χ2v) is 4.72. The van der Waals surface area contributed by atoms with Crippen molar-refractivity contribution in [2.24, 2.45) is 0 Å². The molecule has 94 valence electrons. The maximum atomic E-state index is 10.3. The van der Waals surface area contributed by atoms with Crippen molar-refractivity contribution in [3.8, 4) is 0 Å². The zero-order chi connectivity index (χ0) is 12.3. The Morgan fingerprint density at radius 2 is 2.47 bits per heavy atom. The number of ether oxygens (including phenoxy) is 1. The van der Waals surface area contributed by atoms with Gasteiger partial charge in [-0.05, 0) is 26.0 Å². The van der Waals surface area contributed by atoms with Crippen molar-refractivity contribution in [2.75, 3.05) is 13.2 Å². The molecular formula is C13H20N2O2. The van der Waals surface area contributed by atoms with Gasteiger partial charge in [0.15, 0.2) is 0 Å². The molecule has 1 aromatic heterocycles. The Kier molecular flexibility index (Phi) is 3.76. The van der Waals surface area contributed by atoms with Gasteiger partial charge in [-0.2, -0.15) is 0 Å². The van der Waals surface area contributed by atoms with Gasteiger partial charge in [-0.3, -0.25) is 4.98 Å². The highest BCUT2D eigenvalue weighted by atomic mass is 16.5. The summed E-state index contributed by atoms with van der Waals surface area (Å²) in [7, 11) is 0. The van der Waals surface area contributed by atoms with Crippen molar-refractivity contribution in [3.63, 3.8) is 0 Å². The van der Waals surface area contributed by atoms with Crippen molar-refractivity contribution in [1.82, 2.24) is 10.3 Å². The number of pyridine rings is 1. The Labute approximate surface area is 102 Å². The van der Waals surface area contributed by atoms with Crippen LogP contribution in [0.3, 0.4) is 0 Å². The first kappa shape index (κ1) is 12.5. The predicted octanol–water partition coefficient (Wildman–Crippen LogP) is 1.27. The van der Waals surface area contributed by atoms with Crippen LogP contribution in [0.4, 0.5) is 0 Å². The summed E-state index contributed by atoms with van der Waals surface area (Å²) in [5.41, 5.74) is 0.242. The maximum absolute atomic E-state index is 10.3. The third-order valence-corrected chi connectivity index (χ3v) is 3.51. The molecule has 0 aliphatic carbocycles. The van der Waals surface area contributed by atoms with Gasteiger partial charge >= 0.3 is 0 Å². The molecule has 0 saturated carbocycles. The van der Waals surface area contributed by atoms with Crippen LogP contribution in [0.2, 0.25) is 0 Å². The summed E-state index contributed by atoms with van der Waals surface area (Å²) in [5.74, 6) is 0. The molecule has 3 unspecified atom stereocenters. The molecule has 0 aromatic carbocycles. The van der Waals surface area contributed by atoms with Gasteiger partial charge in [-0.1, -0.05) is 6.07 Å². The molecule has 0 radical (unpaired) electrons. The largest absolute Gasteiger partial charge is 0.386 e. The lowest BCUT2D eigenvalue weighted by Crippen LogP contribution is -2.46. The first-order chi connectivity index (χ1) is 8.12. The SMILES string of the molecule is CC(NCC1(O)CCOC1C)c1ccccn1. The number of aliphatic hydroxyl groups is 1. The minimum absolute atomic E-state index is 0.106. The van der Waals surface area contributed by atoms with Crippen LogP contribution < -0.4 is 5.32 Å². The quantitative estimate of drug-likeness (QED) is 0.826. The summed E-state index contributed by atoms with van der Waals surface area (Å²) in [6.45, 7) is 5.13. The van der Waals surface area contributed by atoms with Gasteiger partial charge in [0.05, 0.1) is 11.8 Å². The van der Waals surface area contributed by atoms with Gasteiger partial charge in [0.1, 0.15) is 5.60 Å². The summed E-state index contributed by atoms with van der Waals surface area (Å²) in [6.07, 6.45) is 2.37. The van der Waals surface area contributed by atoms with Crippen molar-refractivity contribution in [2.45, 2.75) is 38.0 Å². The average Bonchev–Trinajstić information content (AvgIpc) is 2.68. The fraction of sp³-hybridized carbons (Fsp3) is 0.615. The minimum Gasteiger partial charge on any atom is -0.386 e. The smallest absolute Gasteiger partial charge is 0.105 e. The predicted molar refractivity (Wildman–Crippen MR) is 65.6 cm³/mol. The Balaban J connectivity index is 1.90. The van der Waals surface area contributed by atoms with E-state index in [1.807, 2.05) is 32.0 Å². The standard InChI is InChI=1S/C13H20N2O2/c1-10(12-5-3-4-7-14-12)15-9-13(16)6-8-17-11(13)2/h3-5,7,10-11,15-16H,6,8-9H2,1-2H3. The molecular weight excluding hydrogens is 216 g/mol. The molecule has 0 amide bonds. The number of nitrogens with one attached hydrogen (secondary N) is 1. The van der Waals surface area contributed by atoms with Crippen LogP contribution in [-0.2, 0) is 4.74 Å². The molecule has 2 rings (SSSR count). The Bertz CT molecular complexity index is 358. The molecule has 0 bridgehead atoms. The van der Waals surface area contributed by atoms with E-state index >= 15 is 0 Å². The molecule has 17 heavy (non-hydrogen) atoms. The van der Waals surface area contributed by atoms with Crippen LogP contribution in [0, 0.1) is 0 Å². The Hall–Kier alpha value is -0.970. The summed E-state index contributed by atoms with van der Waals surface area (Å²) >= 11 is 0. The van der Waals surface area contributed by atoms with Crippen LogP contribution in [-0.4, -0.2) is 34.9 Å². The summed E-state index contributed by atoms with van der Waals surface area (Å²) in [6, 6.07) is 5.98. The molecule has 4 heteroatoms. The van der Waals surface area contributed by atoms with Crippen LogP contribution in [0.25, 0.3) is 0 Å². The molecule has 0 spiro atoms. The van der Waals surface area contributed by atoms with Gasteiger partial charge in [0.2, 0.25) is 0 Å². The van der Waals surface area contributed by atoms with Gasteiger partial charge in [-0.25, -0.2) is 0 Å². The maximum Gasteiger partial charge on any atom is 0.105 e. The number of nitrogens with zero attached hydrogens (tertiary/aromatic N) is 1. The number of hydrogen-bond donors (Lipinski definition) is 2. The Morgan fingerprint density at radius 3 is 3.06 bits per heavy atom. The van der Waals surface area contributed by atoms with Crippen LogP contribution in [0.5, 0.6) is 0 Å². The summed E-state index contributed by atoms with van der Waals surface area (Å²) < 4.78 is 5.40. The zero-order valence-electron chi connectivity index (χ0n) is 10.4. The average molecular weight is 236 g/mol. The lowest BCUT2D eigenvalue weighted by Gasteiger charge is -2.28. The lowest BCUT2D eigenvalue weighted by molar-refractivity contribution is -0.0275. The number of hydrogen-bond acceptors (Lipinski definition) is 4. The highest BCUT2D eigenvalue weighted by molar-refractivity contribution is 5.08. The van der Waals surface area contributed by atoms with Crippen LogP contribution in [0.15, 0.2) is 24.4 Å². The molecule has 1 fully saturated rings. The zero-order valence-corrected chi connectivity index (χ0v) is 10.4. The van der Waals surface area contributed by atoms with E-state index in [0.717, 1.165) is 5.69 Å². The molecule has 1 saturated heterocycles. The van der Waals surface area contributed by atoms with Gasteiger partial charge in [0.25, 0.3) is 0 Å². The van der Waals surface area contributed by atoms with E-state index in [1.54, 1.807) is 6.20 Å². The van der Waals surface area contributed by atoms with E-state index in [2.05, 4.69) is 10.3 Å². The second kappa shape index (κ2) is 5.12. The third kappa shape index (κ3) is 2.83. The van der Waals surface area contributed by atoms with Gasteiger partial charge in [-0.15, -0.1) is 0 Å². The monoisotopic (exact) mass is 236 g/mol. The minimum atomic E-state index is -0.747. The van der Waals surface area contributed by atoms with E-state index in [9.17, 15) is 5.11 Å². The molecule has 3 atom stereocenters. The fourth-order valence-electron chi connectivity index (χ4n) is 2.07. The van der Waals surface area contributed by atoms with Gasteiger partial charge < -0.3 is 15.2 Å². The first-order valence-corrected chi connectivity index (χ1v) is 6.10. The van der Waals surface area contributed by atoms with E-state index in [1.165, 1.54) is 0 Å². The topological polar surface area (TPSA) is 54.4 Å². The lowest BCUT2D eigenvalue weighted by atomic mass is 9.96. The number of aromatic nitrogens is 1. The molecule has 1 aliphatic heterocycles. The molecule has 1 aromatic rings. The molecule has 2 N–H and O–H groups in total. The van der Waals surface area contributed by atoms with E-state index in [4.69, 9.17) is 4.74 Å². The molecule has 2 heterocycles. The van der Waals surface area contributed by atoms with Crippen molar-refractivity contribution >= 4 is 0 Å². The van der Waals surface area contributed by atoms with E-state index in [-0.39, 0.29) is 12.1 Å². The molecule has 1 aliphatic rings. The first-order valence-electron chi connectivity index (χ1n) is 6.10. The number of rotatable bonds is 4. The Morgan fingerprint density at radius 1 is 1.65 bits per heavy atom. The van der Waals surface area contributed by atoms with E-state index < -0.39 is 5.60 Å². The van der Waals surface area contributed by atoms with Crippen LogP contribution in [0.1, 0.15) is 32.0 Å². The molecule has 4 nitrogen and oxygen atoms in total. The normalized spacial score (nSPS) is 30.4. The summed E-state index contributed by atoms with van der Waals surface area (Å²) in [4.78, 5) is 4.29. The van der Waals surface area contributed by atoms with Crippen molar-refractivity contribution < 1.29 is 9.84 Å². The fourth-order valence-corrected chi connectivity index (χ4v) is 2.07. The third-order valence-electron chi connectivity index (χ3n) is 3.51. The van der Waals surface area contributed by atoms with Crippen molar-refractivity contribution in [1.29, 1.82) is 0 Å². The second-order valence-electron chi connectivity index (χ2n) is 4.72. The highest BCUT2D eigenvalue weighted by Crippen LogP contribution is 2.25. The van der Waals surface area contributed by atoms with Crippen LogP contribution >= 0.6 is 0 Å². The highest BCUT2D eigenvalue weighted by Gasteiger charge is 2.39. The van der Waals surface area contributed by atoms with Crippen molar-refractivity contribution in [3.05, 3.63) is 30.1 Å².